The van der Waals surface area contributed by atoms with Crippen molar-refractivity contribution in [1.29, 1.82) is 0 Å². The lowest BCUT2D eigenvalue weighted by atomic mass is 9.99. The van der Waals surface area contributed by atoms with E-state index in [9.17, 15) is 9.18 Å². The second-order valence-corrected chi connectivity index (χ2v) is 6.52. The monoisotopic (exact) mass is 367 g/mol. The first kappa shape index (κ1) is 17.2. The van der Waals surface area contributed by atoms with Crippen LogP contribution in [0, 0.1) is 11.7 Å². The number of carbonyl (C=O) groups is 1. The molecule has 0 aliphatic carbocycles. The average Bonchev–Trinajstić information content (AvgIpc) is 3.38. The number of nitrogens with zero attached hydrogens (tertiary/aromatic N) is 5. The molecule has 9 heteroatoms. The smallest absolute Gasteiger partial charge is 0.257 e. The van der Waals surface area contributed by atoms with Crippen LogP contribution < -0.4 is 10.6 Å². The van der Waals surface area contributed by atoms with Crippen molar-refractivity contribution in [2.24, 2.45) is 5.92 Å². The summed E-state index contributed by atoms with van der Waals surface area (Å²) in [4.78, 5) is 16.7. The van der Waals surface area contributed by atoms with Crippen molar-refractivity contribution in [3.63, 3.8) is 0 Å². The zero-order valence-corrected chi connectivity index (χ0v) is 14.5. The summed E-state index contributed by atoms with van der Waals surface area (Å²) in [7, 11) is 0. The van der Waals surface area contributed by atoms with E-state index in [1.54, 1.807) is 6.20 Å². The minimum absolute atomic E-state index is 0.0541. The Kier molecular flexibility index (Phi) is 4.84. The molecule has 27 heavy (non-hydrogen) atoms. The Labute approximate surface area is 154 Å². The molecule has 0 bridgehead atoms. The maximum atomic E-state index is 14.1. The Morgan fingerprint density at radius 2 is 2.26 bits per heavy atom. The second-order valence-electron chi connectivity index (χ2n) is 6.52. The summed E-state index contributed by atoms with van der Waals surface area (Å²) in [5.41, 5.74) is 1.99. The van der Waals surface area contributed by atoms with Crippen molar-refractivity contribution < 1.29 is 9.18 Å². The number of aromatic nitrogens is 5. The van der Waals surface area contributed by atoms with E-state index in [0.29, 0.717) is 17.2 Å². The molecule has 1 fully saturated rings. The molecule has 0 saturated carbocycles. The molecule has 1 saturated heterocycles. The zero-order valence-electron chi connectivity index (χ0n) is 14.5. The Hall–Kier alpha value is -3.20. The van der Waals surface area contributed by atoms with Crippen molar-refractivity contribution in [3.05, 3.63) is 59.9 Å². The molecule has 0 radical (unpaired) electrons. The van der Waals surface area contributed by atoms with E-state index in [1.165, 1.54) is 35.4 Å². The average molecular weight is 367 g/mol. The summed E-state index contributed by atoms with van der Waals surface area (Å²) in [6.45, 7) is 2.00. The van der Waals surface area contributed by atoms with E-state index in [1.807, 2.05) is 6.07 Å². The Morgan fingerprint density at radius 1 is 1.33 bits per heavy atom. The number of carbonyl (C=O) groups excluding carboxylic acids is 1. The van der Waals surface area contributed by atoms with Gasteiger partial charge in [-0.3, -0.25) is 9.78 Å². The molecule has 3 aromatic rings. The van der Waals surface area contributed by atoms with Gasteiger partial charge in [-0.1, -0.05) is 0 Å². The fourth-order valence-corrected chi connectivity index (χ4v) is 3.17. The van der Waals surface area contributed by atoms with Gasteiger partial charge < -0.3 is 10.6 Å². The predicted molar refractivity (Wildman–Crippen MR) is 96.0 cm³/mol. The number of anilines is 1. The summed E-state index contributed by atoms with van der Waals surface area (Å²) in [5, 5.41) is 16.8. The van der Waals surface area contributed by atoms with Crippen LogP contribution in [-0.2, 0) is 6.42 Å². The van der Waals surface area contributed by atoms with Crippen LogP contribution in [0.15, 0.2) is 43.0 Å². The van der Waals surface area contributed by atoms with Gasteiger partial charge in [-0.2, -0.15) is 0 Å². The number of rotatable bonds is 5. The highest BCUT2D eigenvalue weighted by molar-refractivity contribution is 6.04. The number of tetrazole rings is 1. The number of nitrogens with one attached hydrogen (secondary N) is 2. The van der Waals surface area contributed by atoms with Gasteiger partial charge in [-0.15, -0.1) is 5.10 Å². The van der Waals surface area contributed by atoms with Crippen LogP contribution in [0.3, 0.4) is 0 Å². The van der Waals surface area contributed by atoms with Crippen molar-refractivity contribution in [1.82, 2.24) is 30.5 Å². The topological polar surface area (TPSA) is 97.6 Å². The van der Waals surface area contributed by atoms with Gasteiger partial charge >= 0.3 is 0 Å². The quantitative estimate of drug-likeness (QED) is 0.711. The SMILES string of the molecule is O=C(Nc1cc(-n2cnnn2)ccc1F)c1cncc(CC2CCNC2)c1. The van der Waals surface area contributed by atoms with E-state index in [4.69, 9.17) is 0 Å². The third-order valence-electron chi connectivity index (χ3n) is 4.56. The van der Waals surface area contributed by atoms with Crippen molar-refractivity contribution in [3.8, 4) is 5.69 Å². The number of amides is 1. The number of hydrogen-bond donors (Lipinski definition) is 2. The highest BCUT2D eigenvalue weighted by Gasteiger charge is 2.17. The van der Waals surface area contributed by atoms with Crippen LogP contribution in [0.2, 0.25) is 0 Å². The van der Waals surface area contributed by atoms with Crippen LogP contribution in [0.25, 0.3) is 5.69 Å². The van der Waals surface area contributed by atoms with Gasteiger partial charge in [0.05, 0.1) is 16.9 Å². The first-order chi connectivity index (χ1) is 13.2. The molecule has 1 aliphatic heterocycles. The summed E-state index contributed by atoms with van der Waals surface area (Å²) in [5.74, 6) is -0.404. The van der Waals surface area contributed by atoms with Crippen molar-refractivity contribution >= 4 is 11.6 Å². The number of halogens is 1. The molecule has 1 atom stereocenters. The van der Waals surface area contributed by atoms with Crippen molar-refractivity contribution in [2.75, 3.05) is 18.4 Å². The van der Waals surface area contributed by atoms with Gasteiger partial charge in [-0.25, -0.2) is 9.07 Å². The summed E-state index contributed by atoms with van der Waals surface area (Å²) >= 11 is 0. The highest BCUT2D eigenvalue weighted by Crippen LogP contribution is 2.20. The molecule has 2 N–H and O–H groups in total. The van der Waals surface area contributed by atoms with Gasteiger partial charge in [0.2, 0.25) is 0 Å². The normalized spacial score (nSPS) is 16.4. The van der Waals surface area contributed by atoms with Gasteiger partial charge in [0.1, 0.15) is 12.1 Å². The maximum absolute atomic E-state index is 14.1. The molecular formula is C18H18FN7O. The first-order valence-corrected chi connectivity index (χ1v) is 8.68. The molecule has 1 aromatic carbocycles. The highest BCUT2D eigenvalue weighted by atomic mass is 19.1. The van der Waals surface area contributed by atoms with Gasteiger partial charge in [0.25, 0.3) is 5.91 Å². The lowest BCUT2D eigenvalue weighted by molar-refractivity contribution is 0.102. The summed E-state index contributed by atoms with van der Waals surface area (Å²) in [6, 6.07) is 6.07. The molecule has 1 aliphatic rings. The van der Waals surface area contributed by atoms with Crippen LogP contribution in [0.5, 0.6) is 0 Å². The van der Waals surface area contributed by atoms with Gasteiger partial charge in [0.15, 0.2) is 0 Å². The largest absolute Gasteiger partial charge is 0.319 e. The molecule has 0 spiro atoms. The fourth-order valence-electron chi connectivity index (χ4n) is 3.17. The van der Waals surface area contributed by atoms with Crippen LogP contribution >= 0.6 is 0 Å². The van der Waals surface area contributed by atoms with E-state index in [-0.39, 0.29) is 5.69 Å². The minimum Gasteiger partial charge on any atom is -0.319 e. The van der Waals surface area contributed by atoms with Crippen LogP contribution in [-0.4, -0.2) is 44.2 Å². The standard InChI is InChI=1S/C18H18FN7O/c19-16-2-1-15(26-11-22-24-25-26)7-17(16)23-18(27)14-6-13(9-21-10-14)5-12-3-4-20-8-12/h1-2,6-7,9-12,20H,3-5,8H2,(H,23,27). The van der Waals surface area contributed by atoms with Crippen LogP contribution in [0.1, 0.15) is 22.3 Å². The number of benzene rings is 1. The molecular weight excluding hydrogens is 349 g/mol. The van der Waals surface area contributed by atoms with E-state index >= 15 is 0 Å². The Balaban J connectivity index is 1.51. The lowest BCUT2D eigenvalue weighted by Gasteiger charge is -2.11. The molecule has 138 valence electrons. The van der Waals surface area contributed by atoms with Gasteiger partial charge in [0, 0.05) is 12.4 Å². The number of hydrogen-bond acceptors (Lipinski definition) is 6. The second kappa shape index (κ2) is 7.58. The molecule has 1 unspecified atom stereocenters. The number of pyridine rings is 1. The predicted octanol–water partition coefficient (Wildman–Crippen LogP) is 1.60. The minimum atomic E-state index is -0.540. The van der Waals surface area contributed by atoms with Gasteiger partial charge in [-0.05, 0) is 72.1 Å². The van der Waals surface area contributed by atoms with E-state index in [2.05, 4.69) is 31.1 Å². The third kappa shape index (κ3) is 3.98. The molecule has 4 rings (SSSR count). The molecule has 1 amide bonds. The molecule has 2 aromatic heterocycles. The lowest BCUT2D eigenvalue weighted by Crippen LogP contribution is -2.15. The maximum Gasteiger partial charge on any atom is 0.257 e. The summed E-state index contributed by atoms with van der Waals surface area (Å²) in [6.07, 6.45) is 6.63. The van der Waals surface area contributed by atoms with E-state index in [0.717, 1.165) is 31.5 Å². The third-order valence-corrected chi connectivity index (χ3v) is 4.56. The molecule has 3 heterocycles. The van der Waals surface area contributed by atoms with E-state index < -0.39 is 11.7 Å². The Bertz CT molecular complexity index is 939. The fraction of sp³-hybridized carbons (Fsp3) is 0.278. The summed E-state index contributed by atoms with van der Waals surface area (Å²) < 4.78 is 15.5. The zero-order chi connectivity index (χ0) is 18.6. The first-order valence-electron chi connectivity index (χ1n) is 8.68. The van der Waals surface area contributed by atoms with Crippen LogP contribution in [0.4, 0.5) is 10.1 Å². The van der Waals surface area contributed by atoms with Crippen molar-refractivity contribution in [2.45, 2.75) is 12.8 Å². The molecule has 8 nitrogen and oxygen atoms in total. The Morgan fingerprint density at radius 3 is 3.04 bits per heavy atom.